The molecular weight excluding hydrogens is 867 g/mol. The molecule has 0 saturated carbocycles. The Morgan fingerprint density at radius 3 is 2.03 bits per heavy atom. The van der Waals surface area contributed by atoms with E-state index in [9.17, 15) is 14.4 Å². The Hall–Kier alpha value is -6.94. The van der Waals surface area contributed by atoms with Gasteiger partial charge in [0.1, 0.15) is 19.5 Å². The number of methoxy groups -OCH3 is 3. The van der Waals surface area contributed by atoms with Gasteiger partial charge in [0.05, 0.1) is 81.8 Å². The fraction of sp³-hybridized carbons (Fsp3) is 0.358. The Labute approximate surface area is 396 Å². The maximum absolute atomic E-state index is 14.1. The minimum Gasteiger partial charge on any atom is -0.493 e. The summed E-state index contributed by atoms with van der Waals surface area (Å²) in [7, 11) is 4.76. The standard InChI is InChI=1S/C53H57N5O10/c1-62-18-19-66-21-20-65-17-15-56(14-8-9-16-59)39-23-35(33-67-50-29-44-42(27-48(50)63-2)52(60)57-40(31-54-44)25-37-10-4-6-12-46(37)57)22-36(24-39)34-68-51-30-45-43(28-49(51)64-3)53(61)58-41(32-55-45)26-38-11-5-7-13-47(38)58/h4-7,10-13,16,22-24,27-31,40-41,55H,8-9,14-15,17-21,25-26,32-34H2,1-3H3/t40-,41?/m0/s1. The lowest BCUT2D eigenvalue weighted by atomic mass is 10.1. The molecule has 5 aromatic rings. The third-order valence-electron chi connectivity index (χ3n) is 12.7. The molecule has 0 aromatic heterocycles. The van der Waals surface area contributed by atoms with Crippen molar-refractivity contribution in [2.45, 2.75) is 51.0 Å². The molecule has 0 saturated heterocycles. The molecule has 4 aliphatic rings. The first-order valence-corrected chi connectivity index (χ1v) is 23.1. The van der Waals surface area contributed by atoms with Gasteiger partial charge in [-0.15, -0.1) is 0 Å². The van der Waals surface area contributed by atoms with Crippen molar-refractivity contribution in [1.29, 1.82) is 0 Å². The molecule has 0 aliphatic carbocycles. The van der Waals surface area contributed by atoms with Crippen molar-refractivity contribution in [1.82, 2.24) is 0 Å². The second-order valence-electron chi connectivity index (χ2n) is 17.1. The number of aliphatic imine (C=N–C) groups is 1. The van der Waals surface area contributed by atoms with Gasteiger partial charge >= 0.3 is 0 Å². The highest BCUT2D eigenvalue weighted by atomic mass is 16.5. The smallest absolute Gasteiger partial charge is 0.261 e. The molecule has 1 unspecified atom stereocenters. The third kappa shape index (κ3) is 9.87. The highest BCUT2D eigenvalue weighted by Crippen LogP contribution is 2.43. The SMILES string of the molecule is COCCOCCOCCN(CCCC=O)c1cc(COc2cc3c(cc2OC)C(=O)N2c4ccccc4C[C@H]2C=N3)cc(COc2cc3c(cc2OC)C(=O)N2c4ccccc4CC2CN3)c1. The lowest BCUT2D eigenvalue weighted by molar-refractivity contribution is -0.107. The highest BCUT2D eigenvalue weighted by Gasteiger charge is 2.39. The second-order valence-corrected chi connectivity index (χ2v) is 17.1. The Kier molecular flexibility index (Phi) is 14.5. The number of aldehydes is 1. The van der Waals surface area contributed by atoms with E-state index in [1.807, 2.05) is 70.6 Å². The zero-order valence-electron chi connectivity index (χ0n) is 38.7. The maximum Gasteiger partial charge on any atom is 0.261 e. The maximum atomic E-state index is 14.1. The van der Waals surface area contributed by atoms with E-state index >= 15 is 0 Å². The number of nitrogens with one attached hydrogen (secondary N) is 1. The van der Waals surface area contributed by atoms with E-state index in [0.717, 1.165) is 52.0 Å². The van der Waals surface area contributed by atoms with Crippen molar-refractivity contribution in [3.05, 3.63) is 124 Å². The van der Waals surface area contributed by atoms with Crippen LogP contribution in [0.3, 0.4) is 0 Å². The number of nitrogens with zero attached hydrogens (tertiary/aromatic N) is 4. The van der Waals surface area contributed by atoms with E-state index in [1.54, 1.807) is 39.5 Å². The van der Waals surface area contributed by atoms with Gasteiger partial charge in [0, 0.05) is 75.0 Å². The van der Waals surface area contributed by atoms with Crippen LogP contribution in [0.4, 0.5) is 28.4 Å². The number of unbranched alkanes of at least 4 members (excludes halogenated alkanes) is 1. The van der Waals surface area contributed by atoms with Crippen LogP contribution in [0.1, 0.15) is 55.8 Å². The summed E-state index contributed by atoms with van der Waals surface area (Å²) in [5.41, 5.74) is 8.78. The van der Waals surface area contributed by atoms with E-state index in [-0.39, 0.29) is 37.1 Å². The topological polar surface area (TPSA) is 150 Å². The summed E-state index contributed by atoms with van der Waals surface area (Å²) in [5.74, 6) is 1.52. The molecule has 68 heavy (non-hydrogen) atoms. The van der Waals surface area contributed by atoms with Crippen LogP contribution in [0.15, 0.2) is 96.0 Å². The van der Waals surface area contributed by atoms with Crippen molar-refractivity contribution in [3.8, 4) is 23.0 Å². The number of hydrogen-bond donors (Lipinski definition) is 1. The van der Waals surface area contributed by atoms with Crippen LogP contribution in [-0.4, -0.2) is 110 Å². The molecule has 354 valence electrons. The molecule has 9 rings (SSSR count). The van der Waals surface area contributed by atoms with E-state index < -0.39 is 0 Å². The van der Waals surface area contributed by atoms with Crippen molar-refractivity contribution in [2.75, 3.05) is 94.0 Å². The summed E-state index contributed by atoms with van der Waals surface area (Å²) in [5, 5.41) is 3.52. The molecule has 15 heteroatoms. The normalized spacial score (nSPS) is 16.3. The van der Waals surface area contributed by atoms with E-state index in [1.165, 1.54) is 0 Å². The molecule has 4 aliphatic heterocycles. The van der Waals surface area contributed by atoms with Gasteiger partial charge in [-0.2, -0.15) is 0 Å². The lowest BCUT2D eigenvalue weighted by Crippen LogP contribution is -2.39. The van der Waals surface area contributed by atoms with Gasteiger partial charge < -0.3 is 53.1 Å². The number of anilines is 4. The zero-order valence-corrected chi connectivity index (χ0v) is 38.7. The van der Waals surface area contributed by atoms with Gasteiger partial charge in [0.25, 0.3) is 11.8 Å². The summed E-state index contributed by atoms with van der Waals surface area (Å²) in [4.78, 5) is 50.4. The molecule has 0 bridgehead atoms. The van der Waals surface area contributed by atoms with Crippen LogP contribution in [0, 0.1) is 0 Å². The van der Waals surface area contributed by atoms with Crippen LogP contribution >= 0.6 is 0 Å². The monoisotopic (exact) mass is 923 g/mol. The first kappa shape index (κ1) is 46.2. The molecule has 4 heterocycles. The van der Waals surface area contributed by atoms with E-state index in [0.29, 0.717) is 117 Å². The fourth-order valence-electron chi connectivity index (χ4n) is 9.39. The summed E-state index contributed by atoms with van der Waals surface area (Å²) >= 11 is 0. The minimum absolute atomic E-state index is 0.0167. The number of benzene rings is 5. The third-order valence-corrected chi connectivity index (χ3v) is 12.7. The van der Waals surface area contributed by atoms with Crippen LogP contribution < -0.4 is 39.0 Å². The fourth-order valence-corrected chi connectivity index (χ4v) is 9.39. The summed E-state index contributed by atoms with van der Waals surface area (Å²) < 4.78 is 41.4. The molecular formula is C53H57N5O10. The van der Waals surface area contributed by atoms with E-state index in [4.69, 9.17) is 38.2 Å². The Balaban J connectivity index is 0.979. The molecule has 15 nitrogen and oxygen atoms in total. The number of amides is 2. The molecule has 0 fully saturated rings. The summed E-state index contributed by atoms with van der Waals surface area (Å²) in [6, 6.07) is 29.0. The van der Waals surface area contributed by atoms with Crippen LogP contribution in [0.2, 0.25) is 0 Å². The average molecular weight is 924 g/mol. The van der Waals surface area contributed by atoms with Crippen molar-refractivity contribution in [2.24, 2.45) is 4.99 Å². The van der Waals surface area contributed by atoms with Gasteiger partial charge in [-0.25, -0.2) is 0 Å². The van der Waals surface area contributed by atoms with Gasteiger partial charge in [-0.1, -0.05) is 36.4 Å². The number of ether oxygens (including phenoxy) is 7. The largest absolute Gasteiger partial charge is 0.493 e. The van der Waals surface area contributed by atoms with Gasteiger partial charge in [0.15, 0.2) is 23.0 Å². The molecule has 2 amide bonds. The number of hydrogen-bond acceptors (Lipinski definition) is 13. The number of carbonyl (C=O) groups excluding carboxylic acids is 3. The molecule has 0 radical (unpaired) electrons. The van der Waals surface area contributed by atoms with Crippen LogP contribution in [-0.2, 0) is 45.1 Å². The number of carbonyl (C=O) groups is 3. The Morgan fingerprint density at radius 1 is 0.691 bits per heavy atom. The first-order valence-electron chi connectivity index (χ1n) is 23.1. The average Bonchev–Trinajstić information content (AvgIpc) is 3.86. The first-order chi connectivity index (χ1) is 33.4. The predicted molar refractivity (Wildman–Crippen MR) is 260 cm³/mol. The highest BCUT2D eigenvalue weighted by molar-refractivity contribution is 6.15. The number of fused-ring (bicyclic) bond motifs is 8. The number of para-hydroxylation sites is 2. The molecule has 2 atom stereocenters. The van der Waals surface area contributed by atoms with Crippen LogP contribution in [0.5, 0.6) is 23.0 Å². The Morgan fingerprint density at radius 2 is 1.32 bits per heavy atom. The van der Waals surface area contributed by atoms with Gasteiger partial charge in [-0.05, 0) is 77.6 Å². The second kappa shape index (κ2) is 21.3. The van der Waals surface area contributed by atoms with Gasteiger partial charge in [-0.3, -0.25) is 19.5 Å². The minimum atomic E-state index is -0.194. The predicted octanol–water partition coefficient (Wildman–Crippen LogP) is 7.61. The molecule has 0 spiro atoms. The summed E-state index contributed by atoms with van der Waals surface area (Å²) in [6.07, 6.45) is 5.29. The number of rotatable bonds is 22. The molecule has 1 N–H and O–H groups in total. The van der Waals surface area contributed by atoms with Crippen molar-refractivity contribution < 1.29 is 47.5 Å². The quantitative estimate of drug-likeness (QED) is 0.0538. The summed E-state index contributed by atoms with van der Waals surface area (Å²) in [6.45, 7) is 4.35. The van der Waals surface area contributed by atoms with Gasteiger partial charge in [0.2, 0.25) is 0 Å². The van der Waals surface area contributed by atoms with Crippen molar-refractivity contribution >= 4 is 52.8 Å². The van der Waals surface area contributed by atoms with Crippen LogP contribution in [0.25, 0.3) is 0 Å². The lowest BCUT2D eigenvalue weighted by Gasteiger charge is -2.26. The molecule has 5 aromatic carbocycles. The van der Waals surface area contributed by atoms with Crippen molar-refractivity contribution in [3.63, 3.8) is 0 Å². The zero-order chi connectivity index (χ0) is 47.0. The van der Waals surface area contributed by atoms with E-state index in [2.05, 4.69) is 28.4 Å². The Bertz CT molecular complexity index is 2670.